The zero-order valence-electron chi connectivity index (χ0n) is 19.0. The summed E-state index contributed by atoms with van der Waals surface area (Å²) in [6.45, 7) is 0. The Kier molecular flexibility index (Phi) is 5.75. The Morgan fingerprint density at radius 3 is 2.59 bits per heavy atom. The molecule has 1 aromatic heterocycles. The highest BCUT2D eigenvalue weighted by Gasteiger charge is 2.33. The second-order valence-corrected chi connectivity index (χ2v) is 10.6. The lowest BCUT2D eigenvalue weighted by atomic mass is 9.83. The molecule has 0 radical (unpaired) electrons. The maximum atomic E-state index is 13.8. The fourth-order valence-electron chi connectivity index (χ4n) is 4.95. The van der Waals surface area contributed by atoms with Crippen LogP contribution in [0.5, 0.6) is 5.75 Å². The predicted molar refractivity (Wildman–Crippen MR) is 144 cm³/mol. The lowest BCUT2D eigenvalue weighted by Gasteiger charge is -2.30. The number of nitro groups is 1. The van der Waals surface area contributed by atoms with Crippen LogP contribution in [0, 0.1) is 10.1 Å². The Labute approximate surface area is 224 Å². The topological polar surface area (TPSA) is 97.7 Å². The number of halogens is 2. The monoisotopic (exact) mass is 549 g/mol. The van der Waals surface area contributed by atoms with Crippen LogP contribution in [0.4, 0.5) is 5.69 Å². The van der Waals surface area contributed by atoms with E-state index in [-0.39, 0.29) is 27.0 Å². The quantitative estimate of drug-likeness (QED) is 0.279. The van der Waals surface area contributed by atoms with Gasteiger partial charge in [-0.15, -0.1) is 0 Å². The van der Waals surface area contributed by atoms with E-state index < -0.39 is 11.0 Å². The Hall–Kier alpha value is -3.72. The summed E-state index contributed by atoms with van der Waals surface area (Å²) >= 11 is 13.4. The minimum Gasteiger partial charge on any atom is -0.505 e. The van der Waals surface area contributed by atoms with Crippen LogP contribution in [0.25, 0.3) is 11.8 Å². The Balaban J connectivity index is 1.63. The second-order valence-electron chi connectivity index (χ2n) is 8.80. The average Bonchev–Trinajstić information content (AvgIpc) is 3.20. The van der Waals surface area contributed by atoms with E-state index in [1.54, 1.807) is 16.7 Å². The molecule has 0 fully saturated rings. The zero-order chi connectivity index (χ0) is 25.8. The van der Waals surface area contributed by atoms with Crippen LogP contribution in [-0.2, 0) is 6.42 Å². The van der Waals surface area contributed by atoms with Crippen molar-refractivity contribution < 1.29 is 10.0 Å². The van der Waals surface area contributed by atoms with Crippen LogP contribution < -0.4 is 14.9 Å². The van der Waals surface area contributed by atoms with Crippen LogP contribution in [0.1, 0.15) is 34.7 Å². The average molecular weight is 550 g/mol. The summed E-state index contributed by atoms with van der Waals surface area (Å²) < 4.78 is 2.02. The van der Waals surface area contributed by atoms with Gasteiger partial charge >= 0.3 is 0 Å². The molecule has 4 aromatic rings. The van der Waals surface area contributed by atoms with Gasteiger partial charge in [-0.25, -0.2) is 4.99 Å². The van der Waals surface area contributed by atoms with Gasteiger partial charge in [-0.2, -0.15) is 0 Å². The van der Waals surface area contributed by atoms with Crippen LogP contribution in [0.15, 0.2) is 76.0 Å². The van der Waals surface area contributed by atoms with Crippen molar-refractivity contribution in [3.63, 3.8) is 0 Å². The third-order valence-corrected chi connectivity index (χ3v) is 8.17. The van der Waals surface area contributed by atoms with Gasteiger partial charge in [0.15, 0.2) is 10.6 Å². The van der Waals surface area contributed by atoms with Gasteiger partial charge in [-0.05, 0) is 53.3 Å². The standard InChI is InChI=1S/C27H17Cl2N3O4S/c28-20-10-14(11-21(29)25(20)33)12-22-26(34)31-24(16-5-3-6-17(13-16)32(35)36)19-9-8-15-4-1-2-7-18(15)23(19)30-27(31)37-22/h1-7,10-13,24,33H,8-9H2/b22-12-/t24-/m0/s1. The van der Waals surface area contributed by atoms with E-state index in [0.717, 1.165) is 23.3 Å². The highest BCUT2D eigenvalue weighted by Crippen LogP contribution is 2.41. The number of rotatable bonds is 3. The summed E-state index contributed by atoms with van der Waals surface area (Å²) in [6, 6.07) is 17.0. The fraction of sp³-hybridized carbons (Fsp3) is 0.111. The first-order valence-corrected chi connectivity index (χ1v) is 12.9. The summed E-state index contributed by atoms with van der Waals surface area (Å²) in [6.07, 6.45) is 3.11. The summed E-state index contributed by atoms with van der Waals surface area (Å²) in [5.74, 6) is -0.223. The Morgan fingerprint density at radius 2 is 1.84 bits per heavy atom. The van der Waals surface area contributed by atoms with E-state index in [1.807, 2.05) is 24.3 Å². The van der Waals surface area contributed by atoms with Crippen molar-refractivity contribution in [2.24, 2.45) is 4.99 Å². The summed E-state index contributed by atoms with van der Waals surface area (Å²) in [4.78, 5) is 30.3. The van der Waals surface area contributed by atoms with E-state index in [9.17, 15) is 20.0 Å². The number of benzene rings is 3. The number of hydrogen-bond donors (Lipinski definition) is 1. The van der Waals surface area contributed by atoms with Crippen molar-refractivity contribution in [1.29, 1.82) is 0 Å². The first kappa shape index (κ1) is 23.7. The first-order chi connectivity index (χ1) is 17.8. The van der Waals surface area contributed by atoms with Crippen LogP contribution in [0.3, 0.4) is 0 Å². The largest absolute Gasteiger partial charge is 0.505 e. The number of phenols is 1. The van der Waals surface area contributed by atoms with Gasteiger partial charge < -0.3 is 5.11 Å². The number of nitro benzene ring substituents is 1. The molecule has 0 bridgehead atoms. The molecule has 2 aliphatic rings. The van der Waals surface area contributed by atoms with Crippen molar-refractivity contribution in [3.05, 3.63) is 128 Å². The number of hydrogen-bond acceptors (Lipinski definition) is 6. The molecule has 0 unspecified atom stereocenters. The molecule has 0 spiro atoms. The number of aromatic hydroxyl groups is 1. The van der Waals surface area contributed by atoms with Gasteiger partial charge in [0.2, 0.25) is 0 Å². The van der Waals surface area contributed by atoms with E-state index in [2.05, 4.69) is 6.07 Å². The summed E-state index contributed by atoms with van der Waals surface area (Å²) in [5, 5.41) is 21.6. The van der Waals surface area contributed by atoms with Crippen LogP contribution >= 0.6 is 34.5 Å². The Bertz CT molecular complexity index is 1820. The van der Waals surface area contributed by atoms with Crippen LogP contribution in [-0.4, -0.2) is 14.6 Å². The maximum absolute atomic E-state index is 13.8. The summed E-state index contributed by atoms with van der Waals surface area (Å²) in [7, 11) is 0. The highest BCUT2D eigenvalue weighted by atomic mass is 35.5. The first-order valence-electron chi connectivity index (χ1n) is 11.4. The second kappa shape index (κ2) is 8.99. The number of phenolic OH excluding ortho intramolecular Hbond substituents is 1. The number of aromatic nitrogens is 1. The number of allylic oxidation sites excluding steroid dienone is 1. The van der Waals surface area contributed by atoms with Crippen molar-refractivity contribution in [2.75, 3.05) is 0 Å². The molecule has 3 aromatic carbocycles. The smallest absolute Gasteiger partial charge is 0.271 e. The lowest BCUT2D eigenvalue weighted by molar-refractivity contribution is -0.384. The molecule has 1 aliphatic heterocycles. The normalized spacial score (nSPS) is 16.6. The van der Waals surface area contributed by atoms with Gasteiger partial charge in [0.25, 0.3) is 11.2 Å². The molecule has 1 atom stereocenters. The van der Waals surface area contributed by atoms with Crippen LogP contribution in [0.2, 0.25) is 10.0 Å². The van der Waals surface area contributed by atoms with Crippen molar-refractivity contribution >= 4 is 52.0 Å². The minimum atomic E-state index is -0.534. The van der Waals surface area contributed by atoms with Crippen molar-refractivity contribution in [2.45, 2.75) is 18.9 Å². The lowest BCUT2D eigenvalue weighted by Crippen LogP contribution is -2.38. The van der Waals surface area contributed by atoms with E-state index in [4.69, 9.17) is 28.2 Å². The van der Waals surface area contributed by atoms with Gasteiger partial charge in [0, 0.05) is 17.7 Å². The van der Waals surface area contributed by atoms with Gasteiger partial charge in [-0.1, -0.05) is 70.9 Å². The highest BCUT2D eigenvalue weighted by molar-refractivity contribution is 7.07. The molecule has 37 heavy (non-hydrogen) atoms. The third kappa shape index (κ3) is 3.98. The minimum absolute atomic E-state index is 0.0386. The molecule has 1 aliphatic carbocycles. The Morgan fingerprint density at radius 1 is 1.08 bits per heavy atom. The molecule has 1 N–H and O–H groups in total. The molecule has 2 heterocycles. The molecule has 184 valence electrons. The number of thiazole rings is 1. The molecule has 0 amide bonds. The predicted octanol–water partition coefficient (Wildman–Crippen LogP) is 5.24. The van der Waals surface area contributed by atoms with Gasteiger partial charge in [-0.3, -0.25) is 19.5 Å². The fourth-order valence-corrected chi connectivity index (χ4v) is 6.46. The number of non-ortho nitro benzene ring substituents is 1. The van der Waals surface area contributed by atoms with Gasteiger partial charge in [0.05, 0.1) is 31.2 Å². The van der Waals surface area contributed by atoms with E-state index in [1.165, 1.54) is 41.2 Å². The maximum Gasteiger partial charge on any atom is 0.271 e. The van der Waals surface area contributed by atoms with Crippen molar-refractivity contribution in [3.8, 4) is 5.75 Å². The zero-order valence-corrected chi connectivity index (χ0v) is 21.3. The molecule has 10 heteroatoms. The summed E-state index contributed by atoms with van der Waals surface area (Å²) in [5.41, 5.74) is 4.84. The van der Waals surface area contributed by atoms with Crippen molar-refractivity contribution in [1.82, 2.24) is 4.57 Å². The molecular formula is C27H17Cl2N3O4S. The molecule has 6 rings (SSSR count). The van der Waals surface area contributed by atoms with E-state index >= 15 is 0 Å². The van der Waals surface area contributed by atoms with E-state index in [0.29, 0.717) is 26.9 Å². The molecule has 7 nitrogen and oxygen atoms in total. The molecule has 0 saturated heterocycles. The van der Waals surface area contributed by atoms with Gasteiger partial charge in [0.1, 0.15) is 0 Å². The number of aryl methyl sites for hydroxylation is 1. The molecular weight excluding hydrogens is 533 g/mol. The number of nitrogens with zero attached hydrogens (tertiary/aromatic N) is 3. The molecule has 0 saturated carbocycles. The third-order valence-electron chi connectivity index (χ3n) is 6.61. The SMILES string of the molecule is O=c1/c(=C/c2cc(Cl)c(O)c(Cl)c2)sc2n1[C@@H](c1cccc([N+](=O)[O-])c1)C1=C(N=2)c2ccccc2CC1. The number of fused-ring (bicyclic) bond motifs is 3.